The van der Waals surface area contributed by atoms with Crippen molar-refractivity contribution < 1.29 is 22.3 Å². The molecule has 7 heteroatoms. The molecular formula is C25H24FNO4S. The van der Waals surface area contributed by atoms with E-state index >= 15 is 0 Å². The molecule has 1 amide bonds. The molecule has 0 bridgehead atoms. The van der Waals surface area contributed by atoms with E-state index in [1.807, 2.05) is 24.3 Å². The van der Waals surface area contributed by atoms with Crippen molar-refractivity contribution in [3.05, 3.63) is 89.7 Å². The normalized spacial score (nSPS) is 18.0. The Bertz CT molecular complexity index is 1240. The van der Waals surface area contributed by atoms with Gasteiger partial charge in [0.25, 0.3) is 0 Å². The number of halogens is 1. The Morgan fingerprint density at radius 2 is 1.69 bits per heavy atom. The largest absolute Gasteiger partial charge is 0.497 e. The lowest BCUT2D eigenvalue weighted by Gasteiger charge is -2.24. The molecule has 166 valence electrons. The highest BCUT2D eigenvalue weighted by molar-refractivity contribution is 7.91. The highest BCUT2D eigenvalue weighted by Gasteiger charge is 2.47. The van der Waals surface area contributed by atoms with Crippen molar-refractivity contribution >= 4 is 21.4 Å². The van der Waals surface area contributed by atoms with Crippen molar-refractivity contribution in [3.63, 3.8) is 0 Å². The summed E-state index contributed by atoms with van der Waals surface area (Å²) in [4.78, 5) is 15.4. The number of carbonyl (C=O) groups excluding carboxylic acids is 1. The second-order valence-electron chi connectivity index (χ2n) is 8.11. The Morgan fingerprint density at radius 1 is 1.00 bits per heavy atom. The fraction of sp³-hybridized carbons (Fsp3) is 0.240. The zero-order valence-corrected chi connectivity index (χ0v) is 18.7. The summed E-state index contributed by atoms with van der Waals surface area (Å²) in [5.74, 6) is -0.205. The molecule has 0 saturated heterocycles. The van der Waals surface area contributed by atoms with Crippen LogP contribution in [0.2, 0.25) is 0 Å². The van der Waals surface area contributed by atoms with Crippen molar-refractivity contribution in [3.8, 4) is 5.75 Å². The van der Waals surface area contributed by atoms with Gasteiger partial charge in [0, 0.05) is 5.69 Å². The Balaban J connectivity index is 1.65. The van der Waals surface area contributed by atoms with Gasteiger partial charge in [-0.2, -0.15) is 0 Å². The fourth-order valence-electron chi connectivity index (χ4n) is 4.10. The van der Waals surface area contributed by atoms with Crippen LogP contribution >= 0.6 is 0 Å². The van der Waals surface area contributed by atoms with Gasteiger partial charge in [-0.15, -0.1) is 0 Å². The first kappa shape index (κ1) is 22.0. The Morgan fingerprint density at radius 3 is 2.34 bits per heavy atom. The van der Waals surface area contributed by atoms with Gasteiger partial charge < -0.3 is 9.64 Å². The number of amides is 1. The minimum atomic E-state index is -3.58. The molecule has 1 aliphatic heterocycles. The average Bonchev–Trinajstić information content (AvgIpc) is 3.00. The fourth-order valence-corrected chi connectivity index (χ4v) is 5.59. The van der Waals surface area contributed by atoms with Gasteiger partial charge in [-0.3, -0.25) is 4.79 Å². The number of nitrogens with zero attached hydrogens (tertiary/aromatic N) is 1. The summed E-state index contributed by atoms with van der Waals surface area (Å²) >= 11 is 0. The standard InChI is InChI=1S/C25H24FNO4S/c1-25(14-15-32(29,30)21-6-4-3-5-7-21)22-16-19(26)10-13-23(22)27(24(25)28)17-18-8-11-20(31-2)12-9-18/h3-13,16H,14-15,17H2,1-2H3/t25-/m0/s1. The number of rotatable bonds is 7. The molecule has 3 aromatic carbocycles. The van der Waals surface area contributed by atoms with Gasteiger partial charge >= 0.3 is 0 Å². The van der Waals surface area contributed by atoms with Crippen LogP contribution in [0.5, 0.6) is 5.75 Å². The maximum Gasteiger partial charge on any atom is 0.237 e. The number of methoxy groups -OCH3 is 1. The van der Waals surface area contributed by atoms with Gasteiger partial charge in [-0.1, -0.05) is 30.3 Å². The minimum Gasteiger partial charge on any atom is -0.497 e. The van der Waals surface area contributed by atoms with Crippen molar-refractivity contribution in [2.75, 3.05) is 17.8 Å². The van der Waals surface area contributed by atoms with Gasteiger partial charge in [0.1, 0.15) is 11.6 Å². The molecule has 0 unspecified atom stereocenters. The predicted molar refractivity (Wildman–Crippen MR) is 121 cm³/mol. The van der Waals surface area contributed by atoms with Crippen LogP contribution in [0.3, 0.4) is 0 Å². The lowest BCUT2D eigenvalue weighted by Crippen LogP contribution is -2.39. The van der Waals surface area contributed by atoms with Crippen molar-refractivity contribution in [2.24, 2.45) is 0 Å². The number of anilines is 1. The van der Waals surface area contributed by atoms with Crippen LogP contribution < -0.4 is 9.64 Å². The third-order valence-electron chi connectivity index (χ3n) is 6.03. The SMILES string of the molecule is COc1ccc(CN2C(=O)[C@@](C)(CCS(=O)(=O)c3ccccc3)c3cc(F)ccc32)cc1. The lowest BCUT2D eigenvalue weighted by molar-refractivity contribution is -0.122. The van der Waals surface area contributed by atoms with E-state index in [0.29, 0.717) is 23.5 Å². The van der Waals surface area contributed by atoms with E-state index in [1.54, 1.807) is 43.2 Å². The van der Waals surface area contributed by atoms with Gasteiger partial charge in [0.2, 0.25) is 5.91 Å². The van der Waals surface area contributed by atoms with Gasteiger partial charge in [0.15, 0.2) is 9.84 Å². The third-order valence-corrected chi connectivity index (χ3v) is 7.77. The molecule has 0 radical (unpaired) electrons. The zero-order chi connectivity index (χ0) is 22.9. The van der Waals surface area contributed by atoms with E-state index in [9.17, 15) is 17.6 Å². The summed E-state index contributed by atoms with van der Waals surface area (Å²) in [5.41, 5.74) is 0.854. The van der Waals surface area contributed by atoms with E-state index in [4.69, 9.17) is 4.74 Å². The van der Waals surface area contributed by atoms with E-state index in [0.717, 1.165) is 5.56 Å². The molecule has 1 atom stereocenters. The molecule has 0 N–H and O–H groups in total. The first-order valence-electron chi connectivity index (χ1n) is 10.3. The smallest absolute Gasteiger partial charge is 0.237 e. The van der Waals surface area contributed by atoms with E-state index in [2.05, 4.69) is 0 Å². The Labute approximate surface area is 187 Å². The first-order valence-corrected chi connectivity index (χ1v) is 11.9. The summed E-state index contributed by atoms with van der Waals surface area (Å²) in [6.45, 7) is 1.99. The van der Waals surface area contributed by atoms with Crippen LogP contribution in [0.4, 0.5) is 10.1 Å². The monoisotopic (exact) mass is 453 g/mol. The van der Waals surface area contributed by atoms with Crippen molar-refractivity contribution in [1.29, 1.82) is 0 Å². The first-order chi connectivity index (χ1) is 15.2. The molecule has 0 aromatic heterocycles. The molecule has 0 spiro atoms. The Kier molecular flexibility index (Phi) is 5.77. The van der Waals surface area contributed by atoms with Crippen LogP contribution in [-0.2, 0) is 26.6 Å². The summed E-state index contributed by atoms with van der Waals surface area (Å²) in [5, 5.41) is 0. The second-order valence-corrected chi connectivity index (χ2v) is 10.2. The molecule has 1 heterocycles. The summed E-state index contributed by atoms with van der Waals surface area (Å²) < 4.78 is 45.0. The topological polar surface area (TPSA) is 63.7 Å². The summed E-state index contributed by atoms with van der Waals surface area (Å²) in [6.07, 6.45) is 0.0542. The molecule has 32 heavy (non-hydrogen) atoms. The number of fused-ring (bicyclic) bond motifs is 1. The van der Waals surface area contributed by atoms with Crippen LogP contribution in [0.15, 0.2) is 77.7 Å². The predicted octanol–water partition coefficient (Wildman–Crippen LogP) is 4.50. The zero-order valence-electron chi connectivity index (χ0n) is 17.9. The molecule has 5 nitrogen and oxygen atoms in total. The van der Waals surface area contributed by atoms with Gasteiger partial charge in [0.05, 0.1) is 29.7 Å². The van der Waals surface area contributed by atoms with Crippen molar-refractivity contribution in [1.82, 2.24) is 0 Å². The number of hydrogen-bond donors (Lipinski definition) is 0. The van der Waals surface area contributed by atoms with E-state index in [-0.39, 0.29) is 23.0 Å². The van der Waals surface area contributed by atoms with Crippen LogP contribution in [0.25, 0.3) is 0 Å². The minimum absolute atomic E-state index is 0.0542. The number of carbonyl (C=O) groups is 1. The Hall–Kier alpha value is -3.19. The molecule has 0 fully saturated rings. The highest BCUT2D eigenvalue weighted by Crippen LogP contribution is 2.45. The second kappa shape index (κ2) is 8.39. The molecule has 0 aliphatic carbocycles. The molecule has 0 saturated carbocycles. The molecule has 1 aliphatic rings. The van der Waals surface area contributed by atoms with E-state index < -0.39 is 21.1 Å². The summed E-state index contributed by atoms with van der Waals surface area (Å²) in [6, 6.07) is 19.8. The number of hydrogen-bond acceptors (Lipinski definition) is 4. The number of sulfone groups is 1. The van der Waals surface area contributed by atoms with Crippen LogP contribution in [-0.4, -0.2) is 27.2 Å². The maximum atomic E-state index is 14.1. The van der Waals surface area contributed by atoms with Crippen LogP contribution in [0, 0.1) is 5.82 Å². The summed E-state index contributed by atoms with van der Waals surface area (Å²) in [7, 11) is -2.00. The van der Waals surface area contributed by atoms with Crippen molar-refractivity contribution in [2.45, 2.75) is 30.2 Å². The highest BCUT2D eigenvalue weighted by atomic mass is 32.2. The van der Waals surface area contributed by atoms with Gasteiger partial charge in [-0.05, 0) is 66.9 Å². The molecule has 4 rings (SSSR count). The maximum absolute atomic E-state index is 14.1. The lowest BCUT2D eigenvalue weighted by atomic mass is 9.81. The number of ether oxygens (including phenoxy) is 1. The third kappa shape index (κ3) is 4.00. The average molecular weight is 454 g/mol. The van der Waals surface area contributed by atoms with E-state index in [1.165, 1.54) is 24.3 Å². The molecular weight excluding hydrogens is 429 g/mol. The van der Waals surface area contributed by atoms with Crippen LogP contribution in [0.1, 0.15) is 24.5 Å². The quantitative estimate of drug-likeness (QED) is 0.528. The number of benzene rings is 3. The molecule has 3 aromatic rings. The van der Waals surface area contributed by atoms with Gasteiger partial charge in [-0.25, -0.2) is 12.8 Å².